The SMILES string of the molecule is Cc1cc2c(s1)c(C(N)=O)nn2CC(=O)N1[C@H](C(=O)Nc2nc(Br)ccc2C)C[C@@]2(CN)C[C@@H]12. The first-order valence-corrected chi connectivity index (χ1v) is 12.5. The van der Waals surface area contributed by atoms with Crippen LogP contribution in [0.5, 0.6) is 0 Å². The molecule has 1 aliphatic carbocycles. The molecule has 34 heavy (non-hydrogen) atoms. The molecule has 4 heterocycles. The highest BCUT2D eigenvalue weighted by Gasteiger charge is 2.66. The van der Waals surface area contributed by atoms with Crippen molar-refractivity contribution in [1.82, 2.24) is 19.7 Å². The maximum absolute atomic E-state index is 13.5. The number of fused-ring (bicyclic) bond motifs is 2. The monoisotopic (exact) mass is 545 g/mol. The lowest BCUT2D eigenvalue weighted by Crippen LogP contribution is -2.47. The highest BCUT2D eigenvalue weighted by Crippen LogP contribution is 2.59. The predicted molar refractivity (Wildman–Crippen MR) is 131 cm³/mol. The third-order valence-electron chi connectivity index (χ3n) is 6.79. The molecule has 1 saturated heterocycles. The zero-order valence-electron chi connectivity index (χ0n) is 18.7. The van der Waals surface area contributed by atoms with Crippen LogP contribution in [0, 0.1) is 19.3 Å². The molecule has 2 aliphatic rings. The van der Waals surface area contributed by atoms with E-state index in [0.29, 0.717) is 33.6 Å². The van der Waals surface area contributed by atoms with Crippen molar-refractivity contribution in [1.29, 1.82) is 0 Å². The molecule has 5 N–H and O–H groups in total. The molecule has 3 amide bonds. The van der Waals surface area contributed by atoms with E-state index in [1.54, 1.807) is 11.0 Å². The molecule has 0 aromatic carbocycles. The van der Waals surface area contributed by atoms with Crippen molar-refractivity contribution in [2.45, 2.75) is 45.3 Å². The van der Waals surface area contributed by atoms with Crippen LogP contribution in [0.15, 0.2) is 22.8 Å². The minimum absolute atomic E-state index is 0.0943. The third kappa shape index (κ3) is 3.69. The molecule has 0 bridgehead atoms. The molecule has 0 radical (unpaired) electrons. The van der Waals surface area contributed by atoms with E-state index in [4.69, 9.17) is 11.5 Å². The van der Waals surface area contributed by atoms with Crippen LogP contribution >= 0.6 is 27.3 Å². The normalized spacial score (nSPS) is 23.2. The lowest BCUT2D eigenvalue weighted by molar-refractivity contribution is -0.138. The number of hydrogen-bond acceptors (Lipinski definition) is 7. The summed E-state index contributed by atoms with van der Waals surface area (Å²) in [5.74, 6) is -0.737. The molecule has 178 valence electrons. The summed E-state index contributed by atoms with van der Waals surface area (Å²) in [6.45, 7) is 4.07. The van der Waals surface area contributed by atoms with Gasteiger partial charge in [-0.05, 0) is 60.3 Å². The average molecular weight is 546 g/mol. The summed E-state index contributed by atoms with van der Waals surface area (Å²) >= 11 is 4.73. The first-order chi connectivity index (χ1) is 16.1. The van der Waals surface area contributed by atoms with Gasteiger partial charge < -0.3 is 21.7 Å². The number of amides is 3. The Morgan fingerprint density at radius 1 is 1.29 bits per heavy atom. The smallest absolute Gasteiger partial charge is 0.270 e. The van der Waals surface area contributed by atoms with E-state index in [-0.39, 0.29) is 35.5 Å². The molecule has 10 nitrogen and oxygen atoms in total. The summed E-state index contributed by atoms with van der Waals surface area (Å²) < 4.78 is 2.77. The fraction of sp³-hybridized carbons (Fsp3) is 0.409. The van der Waals surface area contributed by atoms with Crippen LogP contribution in [0.3, 0.4) is 0 Å². The van der Waals surface area contributed by atoms with Crippen LogP contribution < -0.4 is 16.8 Å². The summed E-state index contributed by atoms with van der Waals surface area (Å²) in [5.41, 5.74) is 12.9. The fourth-order valence-electron chi connectivity index (χ4n) is 4.91. The number of primary amides is 1. The van der Waals surface area contributed by atoms with Crippen LogP contribution in [-0.2, 0) is 16.1 Å². The largest absolute Gasteiger partial charge is 0.364 e. The zero-order valence-corrected chi connectivity index (χ0v) is 21.1. The van der Waals surface area contributed by atoms with Crippen LogP contribution in [0.25, 0.3) is 10.2 Å². The van der Waals surface area contributed by atoms with Crippen molar-refractivity contribution in [3.8, 4) is 0 Å². The summed E-state index contributed by atoms with van der Waals surface area (Å²) in [5, 5.41) is 7.18. The molecule has 5 rings (SSSR count). The van der Waals surface area contributed by atoms with Crippen molar-refractivity contribution >= 4 is 61.0 Å². The Hall–Kier alpha value is -2.83. The van der Waals surface area contributed by atoms with Crippen molar-refractivity contribution in [2.24, 2.45) is 16.9 Å². The number of nitrogens with one attached hydrogen (secondary N) is 1. The minimum atomic E-state index is -0.666. The number of anilines is 1. The van der Waals surface area contributed by atoms with Crippen LogP contribution in [-0.4, -0.2) is 56.0 Å². The Labute approximate surface area is 207 Å². The van der Waals surface area contributed by atoms with Gasteiger partial charge in [-0.15, -0.1) is 11.3 Å². The van der Waals surface area contributed by atoms with Gasteiger partial charge >= 0.3 is 0 Å². The van der Waals surface area contributed by atoms with E-state index in [2.05, 4.69) is 31.3 Å². The highest BCUT2D eigenvalue weighted by atomic mass is 79.9. The molecular formula is C22H24BrN7O3S. The molecule has 3 aromatic rings. The zero-order chi connectivity index (χ0) is 24.4. The number of nitrogens with two attached hydrogens (primary N) is 2. The van der Waals surface area contributed by atoms with Crippen LogP contribution in [0.1, 0.15) is 33.8 Å². The number of carbonyl (C=O) groups is 3. The Morgan fingerprint density at radius 3 is 2.76 bits per heavy atom. The second-order valence-electron chi connectivity index (χ2n) is 9.04. The van der Waals surface area contributed by atoms with Crippen LogP contribution in [0.4, 0.5) is 5.82 Å². The Kier molecular flexibility index (Phi) is 5.49. The van der Waals surface area contributed by atoms with Gasteiger partial charge in [0.15, 0.2) is 5.69 Å². The molecule has 1 saturated carbocycles. The second kappa shape index (κ2) is 8.14. The van der Waals surface area contributed by atoms with Gasteiger partial charge in [-0.25, -0.2) is 4.98 Å². The summed E-state index contributed by atoms with van der Waals surface area (Å²) in [6.07, 6.45) is 1.27. The van der Waals surface area contributed by atoms with Crippen molar-refractivity contribution in [2.75, 3.05) is 11.9 Å². The van der Waals surface area contributed by atoms with Gasteiger partial charge in [0.2, 0.25) is 11.8 Å². The number of aromatic nitrogens is 3. The molecule has 3 aromatic heterocycles. The Balaban J connectivity index is 1.42. The molecule has 2 fully saturated rings. The molecule has 0 unspecified atom stereocenters. The minimum Gasteiger partial charge on any atom is -0.364 e. The summed E-state index contributed by atoms with van der Waals surface area (Å²) in [6, 6.07) is 4.77. The van der Waals surface area contributed by atoms with E-state index in [1.165, 1.54) is 16.0 Å². The van der Waals surface area contributed by atoms with Gasteiger partial charge in [-0.3, -0.25) is 19.1 Å². The Morgan fingerprint density at radius 2 is 2.06 bits per heavy atom. The quantitative estimate of drug-likeness (QED) is 0.403. The fourth-order valence-corrected chi connectivity index (χ4v) is 6.22. The number of hydrogen-bond donors (Lipinski definition) is 3. The maximum atomic E-state index is 13.5. The lowest BCUT2D eigenvalue weighted by Gasteiger charge is -2.27. The van der Waals surface area contributed by atoms with Crippen LogP contribution in [0.2, 0.25) is 0 Å². The number of thiophene rings is 1. The number of likely N-dealkylation sites (tertiary alicyclic amines) is 1. The highest BCUT2D eigenvalue weighted by molar-refractivity contribution is 9.10. The van der Waals surface area contributed by atoms with E-state index < -0.39 is 11.9 Å². The molecule has 0 spiro atoms. The van der Waals surface area contributed by atoms with Gasteiger partial charge in [0.05, 0.1) is 10.2 Å². The third-order valence-corrected chi connectivity index (χ3v) is 8.28. The number of halogens is 1. The van der Waals surface area contributed by atoms with Crippen molar-refractivity contribution in [3.05, 3.63) is 38.9 Å². The predicted octanol–water partition coefficient (Wildman–Crippen LogP) is 1.93. The molecule has 12 heteroatoms. The topological polar surface area (TPSA) is 149 Å². The number of piperidine rings is 1. The number of pyridine rings is 1. The van der Waals surface area contributed by atoms with Gasteiger partial charge in [0.25, 0.3) is 5.91 Å². The van der Waals surface area contributed by atoms with E-state index in [9.17, 15) is 14.4 Å². The summed E-state index contributed by atoms with van der Waals surface area (Å²) in [7, 11) is 0. The van der Waals surface area contributed by atoms with Gasteiger partial charge in [0, 0.05) is 22.9 Å². The molecule has 3 atom stereocenters. The number of aryl methyl sites for hydroxylation is 2. The van der Waals surface area contributed by atoms with E-state index >= 15 is 0 Å². The van der Waals surface area contributed by atoms with Crippen molar-refractivity contribution in [3.63, 3.8) is 0 Å². The standard InChI is InChI=1S/C22H24BrN7O3S/c1-10-3-4-15(23)26-20(10)27-21(33)13-6-22(9-24)7-14(22)30(13)16(31)8-29-12-5-11(2)34-18(12)17(28-29)19(25)32/h3-5,13-14H,6-9,24H2,1-2H3,(H2,25,32)(H,26,27,33)/t13-,14+,22-/m0/s1. The number of carbonyl (C=O) groups excluding carboxylic acids is 3. The number of rotatable bonds is 6. The molecule has 1 aliphatic heterocycles. The van der Waals surface area contributed by atoms with Gasteiger partial charge in [-0.1, -0.05) is 6.07 Å². The van der Waals surface area contributed by atoms with E-state index in [1.807, 2.05) is 26.0 Å². The average Bonchev–Trinajstić information content (AvgIpc) is 3.03. The molecular weight excluding hydrogens is 522 g/mol. The second-order valence-corrected chi connectivity index (χ2v) is 11.1. The van der Waals surface area contributed by atoms with Gasteiger partial charge in [0.1, 0.15) is 23.0 Å². The Bertz CT molecular complexity index is 1350. The maximum Gasteiger partial charge on any atom is 0.270 e. The summed E-state index contributed by atoms with van der Waals surface area (Å²) in [4.78, 5) is 45.7. The van der Waals surface area contributed by atoms with Gasteiger partial charge in [-0.2, -0.15) is 5.10 Å². The first-order valence-electron chi connectivity index (χ1n) is 10.9. The first kappa shape index (κ1) is 22.9. The lowest BCUT2D eigenvalue weighted by atomic mass is 9.99. The number of nitrogens with zero attached hydrogens (tertiary/aromatic N) is 4. The van der Waals surface area contributed by atoms with Crippen molar-refractivity contribution < 1.29 is 14.4 Å². The van der Waals surface area contributed by atoms with E-state index in [0.717, 1.165) is 16.9 Å².